The first kappa shape index (κ1) is 18.9. The fraction of sp³-hybridized carbons (Fsp3) is 0.250. The third kappa shape index (κ3) is 5.54. The maximum absolute atomic E-state index is 11.9. The van der Waals surface area contributed by atoms with E-state index in [1.54, 1.807) is 37.5 Å². The van der Waals surface area contributed by atoms with Crippen molar-refractivity contribution >= 4 is 23.6 Å². The first-order chi connectivity index (χ1) is 12.0. The Balaban J connectivity index is 2.04. The summed E-state index contributed by atoms with van der Waals surface area (Å²) in [5.41, 5.74) is 1.66. The molecule has 0 fully saturated rings. The van der Waals surface area contributed by atoms with Crippen LogP contribution in [0.4, 0.5) is 0 Å². The molecule has 0 bridgehead atoms. The lowest BCUT2D eigenvalue weighted by molar-refractivity contribution is -0.128. The minimum atomic E-state index is -0.466. The van der Waals surface area contributed by atoms with Gasteiger partial charge < -0.3 is 14.2 Å². The summed E-state index contributed by atoms with van der Waals surface area (Å²) in [6.45, 7) is 4.51. The summed E-state index contributed by atoms with van der Waals surface area (Å²) in [6.07, 6.45) is 3.95. The quantitative estimate of drug-likeness (QED) is 0.393. The molecule has 4 nitrogen and oxygen atoms in total. The summed E-state index contributed by atoms with van der Waals surface area (Å²) in [5, 5.41) is 0.632. The van der Waals surface area contributed by atoms with Crippen LogP contribution in [-0.2, 0) is 4.79 Å². The lowest BCUT2D eigenvalue weighted by Crippen LogP contribution is -2.03. The molecule has 0 aliphatic rings. The molecule has 0 heterocycles. The lowest BCUT2D eigenvalue weighted by atomic mass is 10.2. The van der Waals surface area contributed by atoms with Gasteiger partial charge in [0.1, 0.15) is 5.75 Å². The minimum absolute atomic E-state index is 0.456. The molecule has 132 valence electrons. The number of ether oxygens (including phenoxy) is 3. The van der Waals surface area contributed by atoms with Crippen molar-refractivity contribution in [2.75, 3.05) is 13.7 Å². The summed E-state index contributed by atoms with van der Waals surface area (Å²) in [6, 6.07) is 10.6. The number of methoxy groups -OCH3 is 1. The maximum atomic E-state index is 11.9. The maximum Gasteiger partial charge on any atom is 0.336 e. The second-order valence-electron chi connectivity index (χ2n) is 5.42. The van der Waals surface area contributed by atoms with Gasteiger partial charge in [0, 0.05) is 11.1 Å². The van der Waals surface area contributed by atoms with Gasteiger partial charge in [0.25, 0.3) is 0 Å². The molecule has 0 saturated carbocycles. The molecule has 2 aromatic carbocycles. The van der Waals surface area contributed by atoms with E-state index in [2.05, 4.69) is 0 Å². The number of hydrogen-bond donors (Lipinski definition) is 0. The zero-order valence-electron chi connectivity index (χ0n) is 14.5. The van der Waals surface area contributed by atoms with Gasteiger partial charge in [-0.05, 0) is 60.9 Å². The van der Waals surface area contributed by atoms with Gasteiger partial charge in [-0.15, -0.1) is 0 Å². The van der Waals surface area contributed by atoms with E-state index in [0.29, 0.717) is 28.9 Å². The van der Waals surface area contributed by atoms with Crippen LogP contribution in [0, 0.1) is 6.92 Å². The average molecular weight is 361 g/mol. The van der Waals surface area contributed by atoms with Crippen molar-refractivity contribution in [3.8, 4) is 17.2 Å². The number of esters is 1. The van der Waals surface area contributed by atoms with Crippen LogP contribution in [0.5, 0.6) is 17.2 Å². The van der Waals surface area contributed by atoms with E-state index in [1.807, 2.05) is 26.0 Å². The van der Waals surface area contributed by atoms with Crippen LogP contribution in [-0.4, -0.2) is 19.7 Å². The van der Waals surface area contributed by atoms with Crippen molar-refractivity contribution in [2.45, 2.75) is 20.3 Å². The molecule has 0 atom stereocenters. The summed E-state index contributed by atoms with van der Waals surface area (Å²) in [5.74, 6) is 1.29. The molecule has 0 spiro atoms. The highest BCUT2D eigenvalue weighted by Crippen LogP contribution is 2.28. The molecule has 0 aromatic heterocycles. The Hall–Kier alpha value is -2.46. The predicted molar refractivity (Wildman–Crippen MR) is 99.6 cm³/mol. The number of benzene rings is 2. The molecule has 0 N–H and O–H groups in total. The Morgan fingerprint density at radius 3 is 2.64 bits per heavy atom. The van der Waals surface area contributed by atoms with Crippen LogP contribution in [0.25, 0.3) is 6.08 Å². The second kappa shape index (κ2) is 9.14. The molecule has 0 radical (unpaired) electrons. The predicted octanol–water partition coefficient (Wildman–Crippen LogP) is 5.06. The van der Waals surface area contributed by atoms with Crippen molar-refractivity contribution in [1.82, 2.24) is 0 Å². The highest BCUT2D eigenvalue weighted by atomic mass is 35.5. The van der Waals surface area contributed by atoms with E-state index in [-0.39, 0.29) is 0 Å². The van der Waals surface area contributed by atoms with E-state index < -0.39 is 5.97 Å². The van der Waals surface area contributed by atoms with Gasteiger partial charge in [-0.2, -0.15) is 0 Å². The fourth-order valence-electron chi connectivity index (χ4n) is 2.11. The van der Waals surface area contributed by atoms with Crippen molar-refractivity contribution < 1.29 is 19.0 Å². The van der Waals surface area contributed by atoms with Crippen LogP contribution >= 0.6 is 11.6 Å². The standard InChI is InChI=1S/C20H21ClO4/c1-4-11-24-18-9-5-15(13-19(18)23-3)6-10-20(22)25-16-7-8-17(21)14(2)12-16/h5-10,12-13H,4,11H2,1-3H3/b10-6+. The Morgan fingerprint density at radius 1 is 1.16 bits per heavy atom. The molecule has 0 amide bonds. The lowest BCUT2D eigenvalue weighted by Gasteiger charge is -2.10. The van der Waals surface area contributed by atoms with Gasteiger partial charge >= 0.3 is 5.97 Å². The zero-order valence-corrected chi connectivity index (χ0v) is 15.3. The first-order valence-corrected chi connectivity index (χ1v) is 8.38. The third-order valence-corrected chi connectivity index (χ3v) is 3.83. The normalized spacial score (nSPS) is 10.7. The van der Waals surface area contributed by atoms with Crippen molar-refractivity contribution in [3.05, 3.63) is 58.6 Å². The Morgan fingerprint density at radius 2 is 1.96 bits per heavy atom. The number of rotatable bonds is 7. The molecule has 2 aromatic rings. The highest BCUT2D eigenvalue weighted by molar-refractivity contribution is 6.31. The number of halogens is 1. The minimum Gasteiger partial charge on any atom is -0.493 e. The molecule has 0 unspecified atom stereocenters. The van der Waals surface area contributed by atoms with Crippen molar-refractivity contribution in [3.63, 3.8) is 0 Å². The SMILES string of the molecule is CCCOc1ccc(/C=C/C(=O)Oc2ccc(Cl)c(C)c2)cc1OC. The van der Waals surface area contributed by atoms with Crippen LogP contribution < -0.4 is 14.2 Å². The zero-order chi connectivity index (χ0) is 18.2. The number of hydrogen-bond acceptors (Lipinski definition) is 4. The van der Waals surface area contributed by atoms with Gasteiger partial charge in [-0.1, -0.05) is 24.6 Å². The summed E-state index contributed by atoms with van der Waals surface area (Å²) >= 11 is 5.95. The van der Waals surface area contributed by atoms with Gasteiger partial charge in [0.2, 0.25) is 0 Å². The fourth-order valence-corrected chi connectivity index (χ4v) is 2.23. The largest absolute Gasteiger partial charge is 0.493 e. The van der Waals surface area contributed by atoms with E-state index in [9.17, 15) is 4.79 Å². The molecule has 0 aliphatic heterocycles. The average Bonchev–Trinajstić information content (AvgIpc) is 2.61. The molecule has 0 saturated heterocycles. The molecule has 25 heavy (non-hydrogen) atoms. The Labute approximate surface area is 153 Å². The van der Waals surface area contributed by atoms with Crippen molar-refractivity contribution in [1.29, 1.82) is 0 Å². The smallest absolute Gasteiger partial charge is 0.336 e. The van der Waals surface area contributed by atoms with Crippen LogP contribution in [0.3, 0.4) is 0 Å². The molecule has 5 heteroatoms. The van der Waals surface area contributed by atoms with E-state index in [4.69, 9.17) is 25.8 Å². The number of carbonyl (C=O) groups is 1. The van der Waals surface area contributed by atoms with Gasteiger partial charge in [-0.25, -0.2) is 4.79 Å². The van der Waals surface area contributed by atoms with Crippen LogP contribution in [0.15, 0.2) is 42.5 Å². The number of aryl methyl sites for hydroxylation is 1. The Kier molecular flexibility index (Phi) is 6.90. The van der Waals surface area contributed by atoms with Crippen LogP contribution in [0.2, 0.25) is 5.02 Å². The van der Waals surface area contributed by atoms with Gasteiger partial charge in [-0.3, -0.25) is 0 Å². The van der Waals surface area contributed by atoms with E-state index >= 15 is 0 Å². The highest BCUT2D eigenvalue weighted by Gasteiger charge is 2.06. The second-order valence-corrected chi connectivity index (χ2v) is 5.83. The topological polar surface area (TPSA) is 44.8 Å². The van der Waals surface area contributed by atoms with E-state index in [0.717, 1.165) is 17.5 Å². The first-order valence-electron chi connectivity index (χ1n) is 8.00. The van der Waals surface area contributed by atoms with Crippen LogP contribution in [0.1, 0.15) is 24.5 Å². The summed E-state index contributed by atoms with van der Waals surface area (Å²) in [4.78, 5) is 11.9. The Bertz CT molecular complexity index is 768. The van der Waals surface area contributed by atoms with E-state index in [1.165, 1.54) is 6.08 Å². The van der Waals surface area contributed by atoms with Gasteiger partial charge in [0.05, 0.1) is 13.7 Å². The summed E-state index contributed by atoms with van der Waals surface area (Å²) in [7, 11) is 1.58. The summed E-state index contributed by atoms with van der Waals surface area (Å²) < 4.78 is 16.2. The third-order valence-electron chi connectivity index (χ3n) is 3.41. The monoisotopic (exact) mass is 360 g/mol. The van der Waals surface area contributed by atoms with Crippen molar-refractivity contribution in [2.24, 2.45) is 0 Å². The molecular weight excluding hydrogens is 340 g/mol. The van der Waals surface area contributed by atoms with Gasteiger partial charge in [0.15, 0.2) is 11.5 Å². The molecule has 2 rings (SSSR count). The molecular formula is C20H21ClO4. The molecule has 0 aliphatic carbocycles. The number of carbonyl (C=O) groups excluding carboxylic acids is 1.